The van der Waals surface area contributed by atoms with Crippen LogP contribution in [0.15, 0.2) is 35.7 Å². The van der Waals surface area contributed by atoms with Gasteiger partial charge in [0, 0.05) is 24.9 Å². The second-order valence-electron chi connectivity index (χ2n) is 7.71. The number of benzene rings is 1. The number of thiophene rings is 1. The van der Waals surface area contributed by atoms with E-state index in [0.29, 0.717) is 18.8 Å². The van der Waals surface area contributed by atoms with E-state index in [1.807, 2.05) is 30.2 Å². The van der Waals surface area contributed by atoms with Gasteiger partial charge in [0.1, 0.15) is 18.2 Å². The maximum Gasteiger partial charge on any atom is 0.242 e. The van der Waals surface area contributed by atoms with Crippen LogP contribution in [0.1, 0.15) is 37.3 Å². The van der Waals surface area contributed by atoms with Crippen LogP contribution < -0.4 is 4.74 Å². The van der Waals surface area contributed by atoms with Crippen molar-refractivity contribution in [1.82, 2.24) is 9.80 Å². The number of carbonyl (C=O) groups is 2. The third kappa shape index (κ3) is 5.35. The van der Waals surface area contributed by atoms with Crippen molar-refractivity contribution in [3.8, 4) is 5.75 Å². The molecule has 1 aromatic heterocycles. The summed E-state index contributed by atoms with van der Waals surface area (Å²) in [6.07, 6.45) is 0.802. The number of rotatable bonds is 7. The molecule has 7 heteroatoms. The summed E-state index contributed by atoms with van der Waals surface area (Å²) in [5, 5.41) is 2.03. The van der Waals surface area contributed by atoms with Crippen molar-refractivity contribution in [2.75, 3.05) is 26.2 Å². The Morgan fingerprint density at radius 1 is 1.28 bits per heavy atom. The molecule has 1 atom stereocenters. The fourth-order valence-corrected chi connectivity index (χ4v) is 4.51. The van der Waals surface area contributed by atoms with Gasteiger partial charge in [-0.2, -0.15) is 0 Å². The molecule has 156 valence electrons. The largest absolute Gasteiger partial charge is 0.491 e. The Labute approximate surface area is 175 Å². The Kier molecular flexibility index (Phi) is 6.90. The SMILES string of the molecule is CC(=O)N(CC(=O)N1CCc2sccc2[C@@H]1COc1ccc(F)cc1)CC(C)C. The average Bonchev–Trinajstić information content (AvgIpc) is 3.15. The average molecular weight is 419 g/mol. The van der Waals surface area contributed by atoms with Crippen molar-refractivity contribution in [1.29, 1.82) is 0 Å². The van der Waals surface area contributed by atoms with E-state index in [9.17, 15) is 14.0 Å². The fourth-order valence-electron chi connectivity index (χ4n) is 3.58. The summed E-state index contributed by atoms with van der Waals surface area (Å²) >= 11 is 1.69. The Bertz CT molecular complexity index is 850. The van der Waals surface area contributed by atoms with Gasteiger partial charge in [-0.3, -0.25) is 9.59 Å². The Morgan fingerprint density at radius 2 is 2.00 bits per heavy atom. The predicted octanol–water partition coefficient (Wildman–Crippen LogP) is 3.90. The number of nitrogens with zero attached hydrogens (tertiary/aromatic N) is 2. The first-order valence-electron chi connectivity index (χ1n) is 9.84. The Hall–Kier alpha value is -2.41. The van der Waals surface area contributed by atoms with Crippen molar-refractivity contribution in [3.05, 3.63) is 52.0 Å². The molecule has 0 saturated heterocycles. The van der Waals surface area contributed by atoms with Gasteiger partial charge in [-0.1, -0.05) is 13.8 Å². The van der Waals surface area contributed by atoms with Gasteiger partial charge in [0.2, 0.25) is 11.8 Å². The molecule has 0 radical (unpaired) electrons. The normalized spacial score (nSPS) is 15.9. The molecule has 2 amide bonds. The Balaban J connectivity index is 1.75. The third-order valence-corrected chi connectivity index (χ3v) is 5.99. The van der Waals surface area contributed by atoms with E-state index in [-0.39, 0.29) is 42.7 Å². The lowest BCUT2D eigenvalue weighted by Gasteiger charge is -2.37. The number of amides is 2. The summed E-state index contributed by atoms with van der Waals surface area (Å²) in [5.74, 6) is 0.353. The van der Waals surface area contributed by atoms with Gasteiger partial charge < -0.3 is 14.5 Å². The van der Waals surface area contributed by atoms with E-state index in [1.165, 1.54) is 23.9 Å². The first-order valence-corrected chi connectivity index (χ1v) is 10.7. The highest BCUT2D eigenvalue weighted by Crippen LogP contribution is 2.34. The van der Waals surface area contributed by atoms with E-state index < -0.39 is 0 Å². The number of hydrogen-bond acceptors (Lipinski definition) is 4. The molecule has 2 heterocycles. The van der Waals surface area contributed by atoms with E-state index in [2.05, 4.69) is 0 Å². The zero-order valence-corrected chi connectivity index (χ0v) is 17.9. The maximum atomic E-state index is 13.1. The smallest absolute Gasteiger partial charge is 0.242 e. The lowest BCUT2D eigenvalue weighted by atomic mass is 10.0. The van der Waals surface area contributed by atoms with Crippen molar-refractivity contribution >= 4 is 23.2 Å². The van der Waals surface area contributed by atoms with Gasteiger partial charge in [0.05, 0.1) is 12.6 Å². The highest BCUT2D eigenvalue weighted by molar-refractivity contribution is 7.10. The minimum Gasteiger partial charge on any atom is -0.491 e. The number of ether oxygens (including phenoxy) is 1. The molecule has 0 N–H and O–H groups in total. The van der Waals surface area contributed by atoms with Crippen LogP contribution in [-0.4, -0.2) is 47.9 Å². The van der Waals surface area contributed by atoms with Crippen LogP contribution in [0.5, 0.6) is 5.75 Å². The van der Waals surface area contributed by atoms with Crippen LogP contribution in [0, 0.1) is 11.7 Å². The molecule has 1 aliphatic rings. The Morgan fingerprint density at radius 3 is 2.66 bits per heavy atom. The molecular formula is C22H27FN2O3S. The van der Waals surface area contributed by atoms with Gasteiger partial charge in [-0.15, -0.1) is 11.3 Å². The summed E-state index contributed by atoms with van der Waals surface area (Å²) in [4.78, 5) is 29.8. The van der Waals surface area contributed by atoms with Crippen molar-refractivity contribution in [3.63, 3.8) is 0 Å². The van der Waals surface area contributed by atoms with Crippen molar-refractivity contribution in [2.24, 2.45) is 5.92 Å². The van der Waals surface area contributed by atoms with Gasteiger partial charge in [-0.05, 0) is 53.6 Å². The maximum absolute atomic E-state index is 13.1. The molecule has 3 rings (SSSR count). The zero-order valence-electron chi connectivity index (χ0n) is 17.1. The molecule has 1 aliphatic heterocycles. The summed E-state index contributed by atoms with van der Waals surface area (Å²) in [6.45, 7) is 7.05. The van der Waals surface area contributed by atoms with Crippen LogP contribution in [0.2, 0.25) is 0 Å². The zero-order chi connectivity index (χ0) is 21.0. The summed E-state index contributed by atoms with van der Waals surface area (Å²) in [5.41, 5.74) is 1.09. The first kappa shape index (κ1) is 21.3. The highest BCUT2D eigenvalue weighted by Gasteiger charge is 2.33. The standard InChI is InChI=1S/C22H27FN2O3S/c1-15(2)12-24(16(3)26)13-22(27)25-10-8-21-19(9-11-29-21)20(25)14-28-18-6-4-17(23)5-7-18/h4-7,9,11,15,20H,8,10,12-14H2,1-3H3/t20-/m0/s1. The first-order chi connectivity index (χ1) is 13.8. The number of carbonyl (C=O) groups excluding carboxylic acids is 2. The highest BCUT2D eigenvalue weighted by atomic mass is 32.1. The molecule has 2 aromatic rings. The lowest BCUT2D eigenvalue weighted by Crippen LogP contribution is -2.48. The van der Waals surface area contributed by atoms with Crippen LogP contribution in [-0.2, 0) is 16.0 Å². The summed E-state index contributed by atoms with van der Waals surface area (Å²) in [6, 6.07) is 7.68. The van der Waals surface area contributed by atoms with Crippen LogP contribution in [0.4, 0.5) is 4.39 Å². The molecule has 5 nitrogen and oxygen atoms in total. The molecule has 0 bridgehead atoms. The minimum atomic E-state index is -0.318. The second kappa shape index (κ2) is 9.39. The molecule has 0 aliphatic carbocycles. The van der Waals surface area contributed by atoms with Crippen molar-refractivity contribution < 1.29 is 18.7 Å². The topological polar surface area (TPSA) is 49.9 Å². The van der Waals surface area contributed by atoms with Crippen LogP contribution in [0.3, 0.4) is 0 Å². The molecular weight excluding hydrogens is 391 g/mol. The second-order valence-corrected chi connectivity index (χ2v) is 8.71. The predicted molar refractivity (Wildman–Crippen MR) is 111 cm³/mol. The van der Waals surface area contributed by atoms with E-state index >= 15 is 0 Å². The quantitative estimate of drug-likeness (QED) is 0.685. The minimum absolute atomic E-state index is 0.0695. The molecule has 0 unspecified atom stereocenters. The number of hydrogen-bond donors (Lipinski definition) is 0. The van der Waals surface area contributed by atoms with E-state index in [4.69, 9.17) is 4.74 Å². The monoisotopic (exact) mass is 418 g/mol. The van der Waals surface area contributed by atoms with Gasteiger partial charge in [-0.25, -0.2) is 4.39 Å². The molecule has 29 heavy (non-hydrogen) atoms. The van der Waals surface area contributed by atoms with E-state index in [0.717, 1.165) is 12.0 Å². The molecule has 1 aromatic carbocycles. The van der Waals surface area contributed by atoms with Crippen molar-refractivity contribution in [2.45, 2.75) is 33.2 Å². The lowest BCUT2D eigenvalue weighted by molar-refractivity contribution is -0.142. The van der Waals surface area contributed by atoms with Gasteiger partial charge in [0.25, 0.3) is 0 Å². The number of fused-ring (bicyclic) bond motifs is 1. The fraction of sp³-hybridized carbons (Fsp3) is 0.455. The van der Waals surface area contributed by atoms with E-state index in [1.54, 1.807) is 28.4 Å². The number of halogens is 1. The summed E-state index contributed by atoms with van der Waals surface area (Å²) < 4.78 is 19.0. The van der Waals surface area contributed by atoms with Crippen LogP contribution in [0.25, 0.3) is 0 Å². The molecule has 0 fully saturated rings. The molecule has 0 saturated carbocycles. The third-order valence-electron chi connectivity index (χ3n) is 4.99. The van der Waals surface area contributed by atoms with Crippen LogP contribution >= 0.6 is 11.3 Å². The van der Waals surface area contributed by atoms with Gasteiger partial charge >= 0.3 is 0 Å². The molecule has 0 spiro atoms. The summed E-state index contributed by atoms with van der Waals surface area (Å²) in [7, 11) is 0. The van der Waals surface area contributed by atoms with Gasteiger partial charge in [0.15, 0.2) is 0 Å².